The molecular formula is C24H38N4O5. The van der Waals surface area contributed by atoms with E-state index >= 15 is 0 Å². The van der Waals surface area contributed by atoms with Crippen LogP contribution in [0.4, 0.5) is 0 Å². The molecule has 0 radical (unpaired) electrons. The molecule has 4 N–H and O–H groups in total. The molecule has 2 saturated carbocycles. The summed E-state index contributed by atoms with van der Waals surface area (Å²) in [7, 11) is 0. The number of Topliss-reactive ketones (excluding diaryl/α,β-unsaturated/α-hetero) is 1. The van der Waals surface area contributed by atoms with Crippen molar-refractivity contribution in [1.29, 1.82) is 0 Å². The summed E-state index contributed by atoms with van der Waals surface area (Å²) in [4.78, 5) is 64.8. The lowest BCUT2D eigenvalue weighted by molar-refractivity contribution is -0.145. The molecule has 3 aliphatic rings. The molecule has 0 aromatic carbocycles. The van der Waals surface area contributed by atoms with Crippen molar-refractivity contribution in [2.45, 2.75) is 78.9 Å². The maximum Gasteiger partial charge on any atom is 0.287 e. The van der Waals surface area contributed by atoms with E-state index in [1.807, 2.05) is 13.8 Å². The molecule has 4 amide bonds. The summed E-state index contributed by atoms with van der Waals surface area (Å²) in [5.41, 5.74) is 5.11. The molecule has 2 aliphatic carbocycles. The van der Waals surface area contributed by atoms with Gasteiger partial charge in [0.25, 0.3) is 5.91 Å². The number of fused-ring (bicyclic) bond motifs is 1. The van der Waals surface area contributed by atoms with Crippen LogP contribution in [0.25, 0.3) is 0 Å². The van der Waals surface area contributed by atoms with Crippen molar-refractivity contribution in [3.05, 3.63) is 0 Å². The number of ketones is 1. The standard InChI is InChI=1S/C24H38N4O5/c1-11(2)17(27-21(31)12(3)4)23(33)28-10-14-16(24(14,5)6)18(28)22(32)26-15(9-13-7-8-13)19(29)20(25)30/h11-18H,7-10H2,1-6H3,(H2,25,30)(H,26,32)(H,27,31)/t14-,15?,16-,17-,18-/m0/s1. The van der Waals surface area contributed by atoms with E-state index in [1.165, 1.54) is 0 Å². The van der Waals surface area contributed by atoms with E-state index in [-0.39, 0.29) is 40.9 Å². The molecule has 1 aliphatic heterocycles. The number of nitrogens with one attached hydrogen (secondary N) is 2. The van der Waals surface area contributed by atoms with Gasteiger partial charge in [0.05, 0.1) is 6.04 Å². The van der Waals surface area contributed by atoms with Crippen molar-refractivity contribution in [2.24, 2.45) is 40.7 Å². The molecule has 0 aromatic rings. The Hall–Kier alpha value is -2.45. The van der Waals surface area contributed by atoms with Crippen molar-refractivity contribution in [3.63, 3.8) is 0 Å². The molecule has 33 heavy (non-hydrogen) atoms. The van der Waals surface area contributed by atoms with E-state index in [0.717, 1.165) is 12.8 Å². The smallest absolute Gasteiger partial charge is 0.287 e. The Bertz CT molecular complexity index is 848. The second-order valence-electron chi connectivity index (χ2n) is 11.2. The predicted molar refractivity (Wildman–Crippen MR) is 121 cm³/mol. The van der Waals surface area contributed by atoms with Crippen molar-refractivity contribution >= 4 is 29.4 Å². The van der Waals surface area contributed by atoms with Crippen LogP contribution in [0, 0.1) is 35.0 Å². The minimum atomic E-state index is -1.07. The fourth-order valence-electron chi connectivity index (χ4n) is 5.17. The Morgan fingerprint density at radius 3 is 2.12 bits per heavy atom. The van der Waals surface area contributed by atoms with Gasteiger partial charge in [-0.05, 0) is 35.5 Å². The highest BCUT2D eigenvalue weighted by Crippen LogP contribution is 2.65. The quantitative estimate of drug-likeness (QED) is 0.408. The van der Waals surface area contributed by atoms with Gasteiger partial charge in [-0.3, -0.25) is 24.0 Å². The molecule has 1 heterocycles. The maximum absolute atomic E-state index is 13.5. The first kappa shape index (κ1) is 25.2. The Morgan fingerprint density at radius 1 is 1.03 bits per heavy atom. The summed E-state index contributed by atoms with van der Waals surface area (Å²) in [6, 6.07) is -2.47. The number of nitrogens with zero attached hydrogens (tertiary/aromatic N) is 1. The van der Waals surface area contributed by atoms with E-state index in [4.69, 9.17) is 5.73 Å². The molecule has 0 spiro atoms. The zero-order valence-electron chi connectivity index (χ0n) is 20.5. The van der Waals surface area contributed by atoms with Crippen LogP contribution in [0.5, 0.6) is 0 Å². The lowest BCUT2D eigenvalue weighted by Gasteiger charge is -2.35. The predicted octanol–water partition coefficient (Wildman–Crippen LogP) is 0.606. The third-order valence-electron chi connectivity index (χ3n) is 7.66. The highest BCUT2D eigenvalue weighted by Gasteiger charge is 2.69. The van der Waals surface area contributed by atoms with Gasteiger partial charge >= 0.3 is 0 Å². The second kappa shape index (κ2) is 9.06. The van der Waals surface area contributed by atoms with Gasteiger partial charge in [0.15, 0.2) is 0 Å². The molecule has 9 nitrogen and oxygen atoms in total. The summed E-state index contributed by atoms with van der Waals surface area (Å²) in [6.45, 7) is 11.8. The first-order valence-corrected chi connectivity index (χ1v) is 12.0. The number of rotatable bonds is 10. The Morgan fingerprint density at radius 2 is 1.64 bits per heavy atom. The monoisotopic (exact) mass is 462 g/mol. The first-order valence-electron chi connectivity index (χ1n) is 12.0. The fraction of sp³-hybridized carbons (Fsp3) is 0.792. The minimum absolute atomic E-state index is 0.0414. The van der Waals surface area contributed by atoms with Gasteiger partial charge in [-0.1, -0.05) is 54.4 Å². The highest BCUT2D eigenvalue weighted by atomic mass is 16.2. The van der Waals surface area contributed by atoms with Crippen LogP contribution < -0.4 is 16.4 Å². The van der Waals surface area contributed by atoms with Crippen LogP contribution in [-0.2, 0) is 24.0 Å². The number of carbonyl (C=O) groups excluding carboxylic acids is 5. The van der Waals surface area contributed by atoms with E-state index < -0.39 is 35.7 Å². The molecular weight excluding hydrogens is 424 g/mol. The largest absolute Gasteiger partial charge is 0.363 e. The SMILES string of the molecule is CC(C)C(=O)N[C@H](C(=O)N1C[C@H]2[C@@H]([C@H]1C(=O)NC(CC1CC1)C(=O)C(N)=O)C2(C)C)C(C)C. The molecule has 0 aromatic heterocycles. The maximum atomic E-state index is 13.5. The second-order valence-corrected chi connectivity index (χ2v) is 11.2. The molecule has 5 atom stereocenters. The Balaban J connectivity index is 1.81. The fourth-order valence-corrected chi connectivity index (χ4v) is 5.17. The summed E-state index contributed by atoms with van der Waals surface area (Å²) in [6.07, 6.45) is 2.29. The lowest BCUT2D eigenvalue weighted by atomic mass is 9.96. The summed E-state index contributed by atoms with van der Waals surface area (Å²) in [5, 5.41) is 5.58. The number of hydrogen-bond acceptors (Lipinski definition) is 5. The van der Waals surface area contributed by atoms with Crippen molar-refractivity contribution in [3.8, 4) is 0 Å². The van der Waals surface area contributed by atoms with E-state index in [2.05, 4.69) is 24.5 Å². The number of nitrogens with two attached hydrogens (primary N) is 1. The van der Waals surface area contributed by atoms with Crippen LogP contribution in [0.15, 0.2) is 0 Å². The van der Waals surface area contributed by atoms with E-state index in [0.29, 0.717) is 18.9 Å². The molecule has 3 fully saturated rings. The average Bonchev–Trinajstić information content (AvgIpc) is 3.57. The molecule has 1 saturated heterocycles. The van der Waals surface area contributed by atoms with Gasteiger partial charge in [-0.2, -0.15) is 0 Å². The zero-order chi connectivity index (χ0) is 24.8. The molecule has 9 heteroatoms. The summed E-state index contributed by atoms with van der Waals surface area (Å²) in [5.74, 6) is -2.82. The number of carbonyl (C=O) groups is 5. The first-order chi connectivity index (χ1) is 15.3. The normalized spacial score (nSPS) is 27.0. The van der Waals surface area contributed by atoms with E-state index in [9.17, 15) is 24.0 Å². The highest BCUT2D eigenvalue weighted by molar-refractivity contribution is 6.37. The van der Waals surface area contributed by atoms with Gasteiger partial charge in [0.1, 0.15) is 12.1 Å². The number of amides is 4. The van der Waals surface area contributed by atoms with Gasteiger partial charge in [0, 0.05) is 12.5 Å². The average molecular weight is 463 g/mol. The third-order valence-corrected chi connectivity index (χ3v) is 7.66. The van der Waals surface area contributed by atoms with Crippen LogP contribution in [-0.4, -0.2) is 59.0 Å². The molecule has 184 valence electrons. The van der Waals surface area contributed by atoms with Gasteiger partial charge in [0.2, 0.25) is 23.5 Å². The van der Waals surface area contributed by atoms with Gasteiger partial charge in [-0.15, -0.1) is 0 Å². The summed E-state index contributed by atoms with van der Waals surface area (Å²) >= 11 is 0. The number of piperidine rings is 1. The van der Waals surface area contributed by atoms with E-state index in [1.54, 1.807) is 18.7 Å². The van der Waals surface area contributed by atoms with Crippen LogP contribution in [0.3, 0.4) is 0 Å². The molecule has 3 rings (SSSR count). The Labute approximate surface area is 195 Å². The Kier molecular flexibility index (Phi) is 6.92. The third kappa shape index (κ3) is 5.06. The lowest BCUT2D eigenvalue weighted by Crippen LogP contribution is -2.59. The van der Waals surface area contributed by atoms with Crippen LogP contribution in [0.1, 0.15) is 60.8 Å². The minimum Gasteiger partial charge on any atom is -0.363 e. The van der Waals surface area contributed by atoms with Gasteiger partial charge < -0.3 is 21.3 Å². The zero-order valence-corrected chi connectivity index (χ0v) is 20.5. The van der Waals surface area contributed by atoms with Crippen LogP contribution in [0.2, 0.25) is 0 Å². The van der Waals surface area contributed by atoms with Crippen molar-refractivity contribution in [2.75, 3.05) is 6.54 Å². The summed E-state index contributed by atoms with van der Waals surface area (Å²) < 4.78 is 0. The topological polar surface area (TPSA) is 139 Å². The van der Waals surface area contributed by atoms with Crippen molar-refractivity contribution < 1.29 is 24.0 Å². The number of hydrogen-bond donors (Lipinski definition) is 3. The van der Waals surface area contributed by atoms with Crippen molar-refractivity contribution in [1.82, 2.24) is 15.5 Å². The number of likely N-dealkylation sites (tertiary alicyclic amines) is 1. The van der Waals surface area contributed by atoms with Gasteiger partial charge in [-0.25, -0.2) is 0 Å². The van der Waals surface area contributed by atoms with Crippen LogP contribution >= 0.6 is 0 Å². The molecule has 0 bridgehead atoms. The number of primary amides is 1. The molecule has 1 unspecified atom stereocenters.